The van der Waals surface area contributed by atoms with E-state index in [0.717, 1.165) is 38.3 Å². The Morgan fingerprint density at radius 2 is 2.17 bits per heavy atom. The van der Waals surface area contributed by atoms with Crippen LogP contribution >= 0.6 is 0 Å². The smallest absolute Gasteiger partial charge is 0.115 e. The summed E-state index contributed by atoms with van der Waals surface area (Å²) >= 11 is 0. The molecule has 0 amide bonds. The molecule has 4 aliphatic rings. The lowest BCUT2D eigenvalue weighted by molar-refractivity contribution is 0.0294. The summed E-state index contributed by atoms with van der Waals surface area (Å²) in [5.74, 6) is 1.26. The lowest BCUT2D eigenvalue weighted by Crippen LogP contribution is -2.49. The summed E-state index contributed by atoms with van der Waals surface area (Å²) < 4.78 is 6.01. The molecular formula is C20H30N2O2. The van der Waals surface area contributed by atoms with Crippen molar-refractivity contribution >= 4 is 0 Å². The van der Waals surface area contributed by atoms with Crippen LogP contribution in [0.1, 0.15) is 43.7 Å². The number of rotatable bonds is 2. The molecule has 0 aromatic heterocycles. The van der Waals surface area contributed by atoms with Crippen LogP contribution in [-0.4, -0.2) is 48.4 Å². The number of hydrogen-bond donors (Lipinski definition) is 2. The van der Waals surface area contributed by atoms with Gasteiger partial charge in [0.25, 0.3) is 0 Å². The molecule has 1 aliphatic carbocycles. The fourth-order valence-electron chi connectivity index (χ4n) is 4.64. The monoisotopic (exact) mass is 330 g/mol. The molecule has 24 heavy (non-hydrogen) atoms. The molecule has 2 fully saturated rings. The van der Waals surface area contributed by atoms with Crippen LogP contribution in [0.3, 0.4) is 0 Å². The third-order valence-electron chi connectivity index (χ3n) is 6.21. The van der Waals surface area contributed by atoms with Crippen molar-refractivity contribution in [1.29, 1.82) is 0 Å². The molecule has 3 heterocycles. The Balaban J connectivity index is 1.74. The van der Waals surface area contributed by atoms with Gasteiger partial charge in [0.1, 0.15) is 5.75 Å². The third kappa shape index (κ3) is 3.32. The minimum Gasteiger partial charge on any atom is -0.508 e. The lowest BCUT2D eigenvalue weighted by Gasteiger charge is -2.43. The van der Waals surface area contributed by atoms with E-state index >= 15 is 0 Å². The molecule has 0 spiro atoms. The first-order valence-corrected chi connectivity index (χ1v) is 9.43. The maximum Gasteiger partial charge on any atom is 0.115 e. The Hall–Kier alpha value is -1.10. The van der Waals surface area contributed by atoms with Crippen molar-refractivity contribution in [1.82, 2.24) is 4.90 Å². The van der Waals surface area contributed by atoms with Crippen LogP contribution in [0, 0.1) is 5.92 Å². The number of hydrogen-bond acceptors (Lipinski definition) is 4. The van der Waals surface area contributed by atoms with E-state index < -0.39 is 0 Å². The van der Waals surface area contributed by atoms with E-state index in [2.05, 4.69) is 17.9 Å². The highest BCUT2D eigenvalue weighted by molar-refractivity contribution is 5.41. The van der Waals surface area contributed by atoms with Crippen molar-refractivity contribution in [2.24, 2.45) is 11.7 Å². The van der Waals surface area contributed by atoms with Gasteiger partial charge in [-0.25, -0.2) is 0 Å². The summed E-state index contributed by atoms with van der Waals surface area (Å²) in [5, 5.41) is 10.1. The summed E-state index contributed by atoms with van der Waals surface area (Å²) in [6.45, 7) is 6.03. The molecule has 3 N–H and O–H groups in total. The normalized spacial score (nSPS) is 34.6. The van der Waals surface area contributed by atoms with E-state index in [0.29, 0.717) is 18.4 Å². The fourth-order valence-corrected chi connectivity index (χ4v) is 4.64. The Morgan fingerprint density at radius 3 is 2.96 bits per heavy atom. The molecule has 1 saturated heterocycles. The molecule has 2 bridgehead atoms. The largest absolute Gasteiger partial charge is 0.508 e. The minimum atomic E-state index is 0.000953. The molecule has 1 aromatic carbocycles. The third-order valence-corrected chi connectivity index (χ3v) is 6.21. The molecule has 3 atom stereocenters. The van der Waals surface area contributed by atoms with Crippen LogP contribution < -0.4 is 5.73 Å². The number of ether oxygens (including phenoxy) is 1. The first-order chi connectivity index (χ1) is 11.5. The van der Waals surface area contributed by atoms with Gasteiger partial charge in [-0.2, -0.15) is 0 Å². The van der Waals surface area contributed by atoms with E-state index in [-0.39, 0.29) is 11.5 Å². The van der Waals surface area contributed by atoms with Crippen LogP contribution in [0.15, 0.2) is 18.2 Å². The molecule has 1 saturated carbocycles. The van der Waals surface area contributed by atoms with Crippen molar-refractivity contribution in [3.8, 4) is 5.75 Å². The van der Waals surface area contributed by atoms with E-state index in [1.165, 1.54) is 30.5 Å². The second kappa shape index (κ2) is 6.32. The molecule has 4 heteroatoms. The van der Waals surface area contributed by atoms with Crippen molar-refractivity contribution in [2.75, 3.05) is 26.3 Å². The second-order valence-electron chi connectivity index (χ2n) is 8.45. The first kappa shape index (κ1) is 16.4. The number of aromatic hydroxyl groups is 1. The molecular weight excluding hydrogens is 300 g/mol. The molecule has 3 unspecified atom stereocenters. The van der Waals surface area contributed by atoms with Crippen LogP contribution in [0.5, 0.6) is 5.75 Å². The number of fused-ring (bicyclic) bond motifs is 6. The average molecular weight is 330 g/mol. The molecule has 4 nitrogen and oxygen atoms in total. The highest BCUT2D eigenvalue weighted by Crippen LogP contribution is 2.40. The first-order valence-electron chi connectivity index (χ1n) is 9.43. The number of nitrogens with zero attached hydrogens (tertiary/aromatic N) is 1. The van der Waals surface area contributed by atoms with Crippen LogP contribution in [0.4, 0.5) is 0 Å². The molecule has 132 valence electrons. The Labute approximate surface area is 145 Å². The van der Waals surface area contributed by atoms with Gasteiger partial charge < -0.3 is 15.6 Å². The number of phenols is 1. The van der Waals surface area contributed by atoms with Gasteiger partial charge in [-0.1, -0.05) is 13.0 Å². The van der Waals surface area contributed by atoms with E-state index in [9.17, 15) is 5.11 Å². The van der Waals surface area contributed by atoms with Crippen LogP contribution in [-0.2, 0) is 16.6 Å². The van der Waals surface area contributed by atoms with Crippen molar-refractivity contribution in [3.63, 3.8) is 0 Å². The van der Waals surface area contributed by atoms with Gasteiger partial charge in [0.2, 0.25) is 0 Å². The maximum absolute atomic E-state index is 10.1. The topological polar surface area (TPSA) is 58.7 Å². The van der Waals surface area contributed by atoms with Gasteiger partial charge in [-0.05, 0) is 73.2 Å². The highest BCUT2D eigenvalue weighted by Gasteiger charge is 2.38. The van der Waals surface area contributed by atoms with Gasteiger partial charge in [0.05, 0.1) is 13.2 Å². The van der Waals surface area contributed by atoms with Gasteiger partial charge in [0.15, 0.2) is 0 Å². The molecule has 5 rings (SSSR count). The summed E-state index contributed by atoms with van der Waals surface area (Å²) in [7, 11) is 0. The average Bonchev–Trinajstić information content (AvgIpc) is 3.35. The zero-order valence-corrected chi connectivity index (χ0v) is 14.7. The van der Waals surface area contributed by atoms with Crippen molar-refractivity contribution in [3.05, 3.63) is 29.3 Å². The Kier molecular flexibility index (Phi) is 4.31. The number of nitrogens with two attached hydrogens (primary N) is 1. The SMILES string of the molecule is CC12CCN(CC3CC3)C(COCC(N)C1)Cc1ccc(O)cc12. The van der Waals surface area contributed by atoms with Crippen LogP contribution in [0.25, 0.3) is 0 Å². The standard InChI is InChI=1S/C20H30N2O2/c1-20-6-7-22(11-14-2-3-14)17(13-24-12-16(21)10-20)8-15-4-5-18(23)9-19(15)20/h4-5,9,14,16-17,23H,2-3,6-8,10-13,21H2,1H3. The highest BCUT2D eigenvalue weighted by atomic mass is 16.5. The van der Waals surface area contributed by atoms with Gasteiger partial charge in [0, 0.05) is 18.6 Å². The second-order valence-corrected chi connectivity index (χ2v) is 8.45. The summed E-state index contributed by atoms with van der Waals surface area (Å²) in [4.78, 5) is 2.67. The zero-order valence-electron chi connectivity index (χ0n) is 14.7. The van der Waals surface area contributed by atoms with Gasteiger partial charge in [-0.15, -0.1) is 0 Å². The Morgan fingerprint density at radius 1 is 1.33 bits per heavy atom. The predicted octanol–water partition coefficient (Wildman–Crippen LogP) is 2.42. The molecule has 3 aliphatic heterocycles. The Bertz CT molecular complexity index is 601. The summed E-state index contributed by atoms with van der Waals surface area (Å²) in [5.41, 5.74) is 9.03. The lowest BCUT2D eigenvalue weighted by atomic mass is 9.71. The van der Waals surface area contributed by atoms with Crippen molar-refractivity contribution < 1.29 is 9.84 Å². The van der Waals surface area contributed by atoms with Gasteiger partial charge >= 0.3 is 0 Å². The summed E-state index contributed by atoms with van der Waals surface area (Å²) in [6.07, 6.45) is 5.78. The number of phenolic OH excluding ortho intramolecular Hbond substituents is 1. The predicted molar refractivity (Wildman–Crippen MR) is 95.3 cm³/mol. The van der Waals surface area contributed by atoms with Gasteiger partial charge in [-0.3, -0.25) is 4.90 Å². The minimum absolute atomic E-state index is 0.000953. The molecule has 1 aromatic rings. The van der Waals surface area contributed by atoms with E-state index in [1.807, 2.05) is 12.1 Å². The zero-order chi connectivity index (χ0) is 16.7. The number of benzene rings is 1. The van der Waals surface area contributed by atoms with E-state index in [4.69, 9.17) is 10.5 Å². The summed E-state index contributed by atoms with van der Waals surface area (Å²) in [6, 6.07) is 6.40. The van der Waals surface area contributed by atoms with E-state index in [1.54, 1.807) is 0 Å². The maximum atomic E-state index is 10.1. The molecule has 0 radical (unpaired) electrons. The fraction of sp³-hybridized carbons (Fsp3) is 0.700. The quantitative estimate of drug-likeness (QED) is 0.874. The van der Waals surface area contributed by atoms with Crippen LogP contribution in [0.2, 0.25) is 0 Å². The van der Waals surface area contributed by atoms with Crippen molar-refractivity contribution in [2.45, 2.75) is 56.5 Å².